The van der Waals surface area contributed by atoms with Crippen molar-refractivity contribution in [2.45, 2.75) is 19.9 Å². The van der Waals surface area contributed by atoms with Gasteiger partial charge in [-0.2, -0.15) is 0 Å². The number of carbonyl (C=O) groups is 1. The van der Waals surface area contributed by atoms with Crippen LogP contribution in [0.5, 0.6) is 5.75 Å². The Hall–Kier alpha value is -2.24. The summed E-state index contributed by atoms with van der Waals surface area (Å²) in [5, 5.41) is 7.51. The number of methoxy groups -OCH3 is 1. The average Bonchev–Trinajstić information content (AvgIpc) is 2.86. The van der Waals surface area contributed by atoms with Gasteiger partial charge in [0.05, 0.1) is 18.9 Å². The van der Waals surface area contributed by atoms with Crippen molar-refractivity contribution in [1.82, 2.24) is 15.0 Å². The first-order chi connectivity index (χ1) is 9.17. The minimum absolute atomic E-state index is 0.0135. The van der Waals surface area contributed by atoms with Gasteiger partial charge in [-0.25, -0.2) is 9.07 Å². The lowest BCUT2D eigenvalue weighted by molar-refractivity contribution is 0.102. The van der Waals surface area contributed by atoms with Crippen molar-refractivity contribution >= 4 is 5.78 Å². The lowest BCUT2D eigenvalue weighted by atomic mass is 10.1. The van der Waals surface area contributed by atoms with Crippen molar-refractivity contribution < 1.29 is 13.9 Å². The van der Waals surface area contributed by atoms with Crippen molar-refractivity contribution in [2.24, 2.45) is 0 Å². The highest BCUT2D eigenvalue weighted by atomic mass is 19.1. The summed E-state index contributed by atoms with van der Waals surface area (Å²) in [5.74, 6) is -0.679. The molecule has 0 N–H and O–H groups in total. The van der Waals surface area contributed by atoms with Crippen LogP contribution in [-0.4, -0.2) is 27.9 Å². The Morgan fingerprint density at radius 1 is 1.47 bits per heavy atom. The SMILES string of the molecule is CCCn1nncc1C(=O)c1ccc(OC)cc1F. The molecule has 1 aromatic carbocycles. The number of rotatable bonds is 5. The number of hydrogen-bond donors (Lipinski definition) is 0. The third-order valence-corrected chi connectivity index (χ3v) is 2.71. The highest BCUT2D eigenvalue weighted by Gasteiger charge is 2.19. The van der Waals surface area contributed by atoms with E-state index in [9.17, 15) is 9.18 Å². The highest BCUT2D eigenvalue weighted by molar-refractivity contribution is 6.07. The average molecular weight is 263 g/mol. The minimum Gasteiger partial charge on any atom is -0.497 e. The Morgan fingerprint density at radius 3 is 2.89 bits per heavy atom. The number of carbonyl (C=O) groups excluding carboxylic acids is 1. The molecular formula is C13H14FN3O2. The summed E-state index contributed by atoms with van der Waals surface area (Å²) in [4.78, 5) is 12.2. The van der Waals surface area contributed by atoms with Gasteiger partial charge < -0.3 is 4.74 Å². The normalized spacial score (nSPS) is 10.5. The first kappa shape index (κ1) is 13.2. The summed E-state index contributed by atoms with van der Waals surface area (Å²) in [5.41, 5.74) is 0.270. The molecule has 0 radical (unpaired) electrons. The fourth-order valence-corrected chi connectivity index (χ4v) is 1.76. The van der Waals surface area contributed by atoms with E-state index in [4.69, 9.17) is 4.74 Å². The van der Waals surface area contributed by atoms with Crippen molar-refractivity contribution in [2.75, 3.05) is 7.11 Å². The third kappa shape index (κ3) is 2.62. The van der Waals surface area contributed by atoms with Crippen LogP contribution < -0.4 is 4.74 Å². The predicted octanol–water partition coefficient (Wildman–Crippen LogP) is 2.07. The summed E-state index contributed by atoms with van der Waals surface area (Å²) in [7, 11) is 1.44. The van der Waals surface area contributed by atoms with Crippen LogP contribution in [0.15, 0.2) is 24.4 Å². The molecule has 0 aliphatic heterocycles. The van der Waals surface area contributed by atoms with Gasteiger partial charge in [0.25, 0.3) is 0 Å². The standard InChI is InChI=1S/C13H14FN3O2/c1-3-6-17-12(8-15-16-17)13(18)10-5-4-9(19-2)7-11(10)14/h4-5,7-8H,3,6H2,1-2H3. The maximum Gasteiger partial charge on any atom is 0.215 e. The largest absolute Gasteiger partial charge is 0.497 e. The van der Waals surface area contributed by atoms with E-state index < -0.39 is 11.6 Å². The Balaban J connectivity index is 2.36. The molecule has 0 unspecified atom stereocenters. The molecule has 0 amide bonds. The Kier molecular flexibility index (Phi) is 3.89. The second kappa shape index (κ2) is 5.60. The number of ketones is 1. The van der Waals surface area contributed by atoms with Crippen LogP contribution >= 0.6 is 0 Å². The van der Waals surface area contributed by atoms with E-state index in [-0.39, 0.29) is 11.3 Å². The smallest absolute Gasteiger partial charge is 0.215 e. The van der Waals surface area contributed by atoms with Gasteiger partial charge in [0.15, 0.2) is 0 Å². The summed E-state index contributed by atoms with van der Waals surface area (Å²) in [6.45, 7) is 2.53. The Morgan fingerprint density at radius 2 is 2.26 bits per heavy atom. The molecule has 19 heavy (non-hydrogen) atoms. The molecule has 0 spiro atoms. The first-order valence-corrected chi connectivity index (χ1v) is 5.94. The van der Waals surface area contributed by atoms with E-state index in [2.05, 4.69) is 10.3 Å². The van der Waals surface area contributed by atoms with Crippen molar-refractivity contribution in [3.05, 3.63) is 41.5 Å². The second-order valence-electron chi connectivity index (χ2n) is 4.02. The molecule has 0 aliphatic rings. The molecule has 0 saturated carbocycles. The van der Waals surface area contributed by atoms with E-state index in [0.717, 1.165) is 6.42 Å². The van der Waals surface area contributed by atoms with Gasteiger partial charge in [0.2, 0.25) is 5.78 Å². The lowest BCUT2D eigenvalue weighted by Crippen LogP contribution is -2.12. The topological polar surface area (TPSA) is 57.0 Å². The zero-order chi connectivity index (χ0) is 13.8. The molecule has 0 atom stereocenters. The molecule has 100 valence electrons. The second-order valence-corrected chi connectivity index (χ2v) is 4.02. The van der Waals surface area contributed by atoms with Crippen LogP contribution in [0.1, 0.15) is 29.4 Å². The van der Waals surface area contributed by atoms with Crippen molar-refractivity contribution in [3.8, 4) is 5.75 Å². The molecule has 2 aromatic rings. The van der Waals surface area contributed by atoms with Crippen molar-refractivity contribution in [1.29, 1.82) is 0 Å². The van der Waals surface area contributed by atoms with Gasteiger partial charge >= 0.3 is 0 Å². The predicted molar refractivity (Wildman–Crippen MR) is 66.7 cm³/mol. The number of aromatic nitrogens is 3. The molecule has 0 saturated heterocycles. The van der Waals surface area contributed by atoms with Crippen LogP contribution in [0.25, 0.3) is 0 Å². The number of benzene rings is 1. The van der Waals surface area contributed by atoms with E-state index >= 15 is 0 Å². The third-order valence-electron chi connectivity index (χ3n) is 2.71. The number of ether oxygens (including phenoxy) is 1. The van der Waals surface area contributed by atoms with Gasteiger partial charge in [-0.3, -0.25) is 4.79 Å². The fraction of sp³-hybridized carbons (Fsp3) is 0.308. The van der Waals surface area contributed by atoms with E-state index in [1.165, 1.54) is 30.1 Å². The molecular weight excluding hydrogens is 249 g/mol. The molecule has 6 heteroatoms. The first-order valence-electron chi connectivity index (χ1n) is 5.94. The van der Waals surface area contributed by atoms with Crippen LogP contribution in [0, 0.1) is 5.82 Å². The molecule has 0 fully saturated rings. The van der Waals surface area contributed by atoms with E-state index in [1.807, 2.05) is 6.92 Å². The highest BCUT2D eigenvalue weighted by Crippen LogP contribution is 2.19. The van der Waals surface area contributed by atoms with Crippen LogP contribution in [-0.2, 0) is 6.54 Å². The molecule has 1 aromatic heterocycles. The summed E-state index contributed by atoms with van der Waals surface area (Å²) >= 11 is 0. The lowest BCUT2D eigenvalue weighted by Gasteiger charge is -2.06. The van der Waals surface area contributed by atoms with Crippen LogP contribution in [0.3, 0.4) is 0 Å². The van der Waals surface area contributed by atoms with Crippen molar-refractivity contribution in [3.63, 3.8) is 0 Å². The summed E-state index contributed by atoms with van der Waals surface area (Å²) < 4.78 is 20.2. The zero-order valence-electron chi connectivity index (χ0n) is 10.8. The van der Waals surface area contributed by atoms with Gasteiger partial charge in [-0.05, 0) is 18.6 Å². The maximum atomic E-state index is 13.8. The van der Waals surface area contributed by atoms with Gasteiger partial charge in [0, 0.05) is 12.6 Å². The Labute approximate surface area is 110 Å². The number of hydrogen-bond acceptors (Lipinski definition) is 4. The molecule has 0 aliphatic carbocycles. The van der Waals surface area contributed by atoms with Gasteiger partial charge in [-0.15, -0.1) is 5.10 Å². The summed E-state index contributed by atoms with van der Waals surface area (Å²) in [6, 6.07) is 4.13. The number of halogens is 1. The van der Waals surface area contributed by atoms with E-state index in [1.54, 1.807) is 6.07 Å². The molecule has 5 nitrogen and oxygen atoms in total. The molecule has 1 heterocycles. The zero-order valence-corrected chi connectivity index (χ0v) is 10.8. The van der Waals surface area contributed by atoms with Crippen LogP contribution in [0.2, 0.25) is 0 Å². The van der Waals surface area contributed by atoms with Gasteiger partial charge in [0.1, 0.15) is 17.3 Å². The minimum atomic E-state index is -0.617. The maximum absolute atomic E-state index is 13.8. The monoisotopic (exact) mass is 263 g/mol. The van der Waals surface area contributed by atoms with E-state index in [0.29, 0.717) is 12.3 Å². The Bertz CT molecular complexity index is 595. The quantitative estimate of drug-likeness (QED) is 0.775. The summed E-state index contributed by atoms with van der Waals surface area (Å²) in [6.07, 6.45) is 2.16. The van der Waals surface area contributed by atoms with Crippen LogP contribution in [0.4, 0.5) is 4.39 Å². The van der Waals surface area contributed by atoms with Gasteiger partial charge in [-0.1, -0.05) is 12.1 Å². The number of nitrogens with zero attached hydrogens (tertiary/aromatic N) is 3. The molecule has 0 bridgehead atoms. The molecule has 2 rings (SSSR count). The fourth-order valence-electron chi connectivity index (χ4n) is 1.76. The number of aryl methyl sites for hydroxylation is 1.